The van der Waals surface area contributed by atoms with E-state index in [2.05, 4.69) is 22.8 Å². The van der Waals surface area contributed by atoms with Crippen molar-refractivity contribution >= 4 is 18.3 Å². The molecule has 0 spiro atoms. The summed E-state index contributed by atoms with van der Waals surface area (Å²) >= 11 is 0. The van der Waals surface area contributed by atoms with Crippen molar-refractivity contribution in [3.63, 3.8) is 0 Å². The first kappa shape index (κ1) is 20.8. The molecule has 3 fully saturated rings. The van der Waals surface area contributed by atoms with Gasteiger partial charge in [-0.2, -0.15) is 0 Å². The van der Waals surface area contributed by atoms with Crippen LogP contribution in [0.15, 0.2) is 18.2 Å². The molecule has 29 heavy (non-hydrogen) atoms. The molecule has 4 aliphatic rings. The molecule has 2 bridgehead atoms. The first-order valence-electron chi connectivity index (χ1n) is 10.7. The van der Waals surface area contributed by atoms with Crippen molar-refractivity contribution in [3.8, 4) is 11.5 Å². The molecular formula is C22H31ClN2O4. The molecule has 3 saturated heterocycles. The highest BCUT2D eigenvalue weighted by Gasteiger charge is 2.37. The van der Waals surface area contributed by atoms with Gasteiger partial charge in [-0.05, 0) is 62.1 Å². The molecule has 1 aromatic rings. The lowest BCUT2D eigenvalue weighted by molar-refractivity contribution is -0.122. The van der Waals surface area contributed by atoms with Gasteiger partial charge in [0.2, 0.25) is 12.7 Å². The van der Waals surface area contributed by atoms with E-state index in [1.165, 1.54) is 18.4 Å². The summed E-state index contributed by atoms with van der Waals surface area (Å²) in [4.78, 5) is 12.7. The number of hydrogen-bond donors (Lipinski definition) is 2. The van der Waals surface area contributed by atoms with E-state index >= 15 is 0 Å². The number of hydrogen-bond acceptors (Lipinski definition) is 5. The Kier molecular flexibility index (Phi) is 6.23. The lowest BCUT2D eigenvalue weighted by atomic mass is 9.74. The van der Waals surface area contributed by atoms with Crippen LogP contribution in [0.25, 0.3) is 0 Å². The van der Waals surface area contributed by atoms with E-state index in [0.717, 1.165) is 50.4 Å². The maximum atomic E-state index is 12.7. The van der Waals surface area contributed by atoms with Gasteiger partial charge >= 0.3 is 0 Å². The summed E-state index contributed by atoms with van der Waals surface area (Å²) in [6.07, 6.45) is 7.30. The lowest BCUT2D eigenvalue weighted by Gasteiger charge is -2.38. The van der Waals surface area contributed by atoms with Crippen LogP contribution < -0.4 is 20.1 Å². The summed E-state index contributed by atoms with van der Waals surface area (Å²) < 4.78 is 16.7. The van der Waals surface area contributed by atoms with Gasteiger partial charge in [-0.1, -0.05) is 6.07 Å². The molecule has 5 rings (SSSR count). The van der Waals surface area contributed by atoms with Crippen molar-refractivity contribution in [1.29, 1.82) is 0 Å². The van der Waals surface area contributed by atoms with E-state index in [-0.39, 0.29) is 30.5 Å². The topological polar surface area (TPSA) is 68.8 Å². The Hall–Kier alpha value is -1.50. The van der Waals surface area contributed by atoms with Gasteiger partial charge in [0.1, 0.15) is 0 Å². The average Bonchev–Trinajstić information content (AvgIpc) is 3.32. The molecular weight excluding hydrogens is 392 g/mol. The molecule has 160 valence electrons. The lowest BCUT2D eigenvalue weighted by Crippen LogP contribution is -2.45. The largest absolute Gasteiger partial charge is 0.454 e. The van der Waals surface area contributed by atoms with E-state index in [9.17, 15) is 4.79 Å². The summed E-state index contributed by atoms with van der Waals surface area (Å²) in [6, 6.07) is 7.46. The Labute approximate surface area is 178 Å². The SMILES string of the molecule is Cl.O=C(CC1CC2CCC(C1)N2)NCC1(c2ccc3c(c2)OCO3)CCOCC1. The minimum absolute atomic E-state index is 0. The zero-order valence-electron chi connectivity index (χ0n) is 16.8. The van der Waals surface area contributed by atoms with Crippen LogP contribution in [0.5, 0.6) is 11.5 Å². The first-order chi connectivity index (χ1) is 13.7. The third kappa shape index (κ3) is 4.35. The van der Waals surface area contributed by atoms with Crippen molar-refractivity contribution in [2.24, 2.45) is 5.92 Å². The zero-order valence-corrected chi connectivity index (χ0v) is 17.6. The molecule has 2 atom stereocenters. The monoisotopic (exact) mass is 422 g/mol. The molecule has 1 amide bonds. The number of benzene rings is 1. The molecule has 4 heterocycles. The van der Waals surface area contributed by atoms with Gasteiger partial charge < -0.3 is 24.8 Å². The second kappa shape index (κ2) is 8.70. The fourth-order valence-corrected chi connectivity index (χ4v) is 5.50. The van der Waals surface area contributed by atoms with E-state index in [1.807, 2.05) is 6.07 Å². The number of rotatable bonds is 5. The maximum absolute atomic E-state index is 12.7. The van der Waals surface area contributed by atoms with Crippen LogP contribution in [0.2, 0.25) is 0 Å². The van der Waals surface area contributed by atoms with Crippen molar-refractivity contribution in [2.75, 3.05) is 26.6 Å². The van der Waals surface area contributed by atoms with Gasteiger partial charge in [0.05, 0.1) is 0 Å². The van der Waals surface area contributed by atoms with E-state index in [4.69, 9.17) is 14.2 Å². The van der Waals surface area contributed by atoms with Crippen LogP contribution >= 0.6 is 12.4 Å². The van der Waals surface area contributed by atoms with Crippen LogP contribution in [0.1, 0.15) is 50.5 Å². The predicted octanol–water partition coefficient (Wildman–Crippen LogP) is 2.92. The van der Waals surface area contributed by atoms with Crippen LogP contribution in [-0.2, 0) is 14.9 Å². The smallest absolute Gasteiger partial charge is 0.231 e. The second-order valence-electron chi connectivity index (χ2n) is 8.92. The van der Waals surface area contributed by atoms with Gasteiger partial charge in [-0.15, -0.1) is 12.4 Å². The summed E-state index contributed by atoms with van der Waals surface area (Å²) in [5, 5.41) is 6.93. The van der Waals surface area contributed by atoms with Crippen LogP contribution in [0.4, 0.5) is 0 Å². The Morgan fingerprint density at radius 2 is 1.83 bits per heavy atom. The molecule has 2 unspecified atom stereocenters. The minimum atomic E-state index is -0.0952. The number of amides is 1. The van der Waals surface area contributed by atoms with Crippen molar-refractivity contribution in [2.45, 2.75) is 62.4 Å². The maximum Gasteiger partial charge on any atom is 0.231 e. The number of carbonyl (C=O) groups excluding carboxylic acids is 1. The number of fused-ring (bicyclic) bond motifs is 3. The molecule has 6 nitrogen and oxygen atoms in total. The number of halogens is 1. The van der Waals surface area contributed by atoms with Gasteiger partial charge in [0.25, 0.3) is 0 Å². The minimum Gasteiger partial charge on any atom is -0.454 e. The highest BCUT2D eigenvalue weighted by molar-refractivity contribution is 5.85. The molecule has 7 heteroatoms. The number of carbonyl (C=O) groups is 1. The van der Waals surface area contributed by atoms with Crippen molar-refractivity contribution in [1.82, 2.24) is 10.6 Å². The van der Waals surface area contributed by atoms with E-state index < -0.39 is 0 Å². The van der Waals surface area contributed by atoms with Gasteiger partial charge in [0.15, 0.2) is 11.5 Å². The molecule has 0 aliphatic carbocycles. The van der Waals surface area contributed by atoms with Crippen molar-refractivity contribution in [3.05, 3.63) is 23.8 Å². The summed E-state index contributed by atoms with van der Waals surface area (Å²) in [7, 11) is 0. The van der Waals surface area contributed by atoms with Crippen LogP contribution in [0.3, 0.4) is 0 Å². The normalized spacial score (nSPS) is 29.2. The first-order valence-corrected chi connectivity index (χ1v) is 10.7. The standard InChI is InChI=1S/C22H30N2O4.ClH/c25-21(11-15-9-17-2-3-18(10-15)24-17)23-13-22(5-7-26-8-6-22)16-1-4-19-20(12-16)28-14-27-19;/h1,4,12,15,17-18,24H,2-3,5-11,13-14H2,(H,23,25);1H. The number of nitrogens with one attached hydrogen (secondary N) is 2. The highest BCUT2D eigenvalue weighted by atomic mass is 35.5. The second-order valence-corrected chi connectivity index (χ2v) is 8.92. The summed E-state index contributed by atoms with van der Waals surface area (Å²) in [5.74, 6) is 2.32. The Morgan fingerprint density at radius 3 is 2.59 bits per heavy atom. The van der Waals surface area contributed by atoms with Crippen LogP contribution in [0, 0.1) is 5.92 Å². The fraction of sp³-hybridized carbons (Fsp3) is 0.682. The Morgan fingerprint density at radius 1 is 1.10 bits per heavy atom. The molecule has 0 saturated carbocycles. The quantitative estimate of drug-likeness (QED) is 0.763. The van der Waals surface area contributed by atoms with Gasteiger partial charge in [-0.25, -0.2) is 0 Å². The highest BCUT2D eigenvalue weighted by Crippen LogP contribution is 2.40. The van der Waals surface area contributed by atoms with E-state index in [0.29, 0.717) is 31.0 Å². The Bertz CT molecular complexity index is 726. The van der Waals surface area contributed by atoms with Gasteiger partial charge in [-0.3, -0.25) is 4.79 Å². The van der Waals surface area contributed by atoms with Crippen LogP contribution in [-0.4, -0.2) is 44.5 Å². The third-order valence-corrected chi connectivity index (χ3v) is 7.10. The summed E-state index contributed by atoms with van der Waals surface area (Å²) in [5.41, 5.74) is 1.11. The van der Waals surface area contributed by atoms with Gasteiger partial charge in [0, 0.05) is 43.7 Å². The third-order valence-electron chi connectivity index (χ3n) is 7.10. The fourth-order valence-electron chi connectivity index (χ4n) is 5.50. The zero-order chi connectivity index (χ0) is 19.0. The molecule has 0 aromatic heterocycles. The Balaban J connectivity index is 0.00000205. The number of ether oxygens (including phenoxy) is 3. The predicted molar refractivity (Wildman–Crippen MR) is 112 cm³/mol. The van der Waals surface area contributed by atoms with Crippen molar-refractivity contribution < 1.29 is 19.0 Å². The summed E-state index contributed by atoms with van der Waals surface area (Å²) in [6.45, 7) is 2.39. The molecule has 2 N–H and O–H groups in total. The average molecular weight is 423 g/mol. The molecule has 4 aliphatic heterocycles. The number of piperidine rings is 1. The molecule has 0 radical (unpaired) electrons. The van der Waals surface area contributed by atoms with E-state index in [1.54, 1.807) is 0 Å². The molecule has 1 aromatic carbocycles.